The Kier molecular flexibility index (Phi) is 3.75. The molecule has 110 valence electrons. The lowest BCUT2D eigenvalue weighted by atomic mass is 10.1. The van der Waals surface area contributed by atoms with Crippen LogP contribution < -0.4 is 5.73 Å². The van der Waals surface area contributed by atoms with Crippen molar-refractivity contribution in [3.8, 4) is 0 Å². The molecule has 21 heavy (non-hydrogen) atoms. The van der Waals surface area contributed by atoms with Gasteiger partial charge in [0.2, 0.25) is 0 Å². The van der Waals surface area contributed by atoms with Gasteiger partial charge in [0.1, 0.15) is 5.82 Å². The first-order chi connectivity index (χ1) is 10.2. The number of amides is 1. The van der Waals surface area contributed by atoms with Gasteiger partial charge in [0.05, 0.1) is 6.54 Å². The molecule has 0 bridgehead atoms. The quantitative estimate of drug-likeness (QED) is 0.908. The maximum atomic E-state index is 12.7. The van der Waals surface area contributed by atoms with Crippen LogP contribution in [0.15, 0.2) is 36.7 Å². The topological polar surface area (TPSA) is 64.2 Å². The second kappa shape index (κ2) is 5.69. The zero-order valence-corrected chi connectivity index (χ0v) is 12.2. The molecule has 0 saturated heterocycles. The SMILES string of the molecule is Cn1ccnc1CN(C(=O)c1ccc(CN)cc1)C1CC1. The molecule has 0 radical (unpaired) electrons. The van der Waals surface area contributed by atoms with Crippen molar-refractivity contribution in [2.75, 3.05) is 0 Å². The van der Waals surface area contributed by atoms with Crippen molar-refractivity contribution in [1.82, 2.24) is 14.5 Å². The molecule has 1 amide bonds. The second-order valence-electron chi connectivity index (χ2n) is 5.52. The second-order valence-corrected chi connectivity index (χ2v) is 5.52. The van der Waals surface area contributed by atoms with Crippen molar-refractivity contribution in [3.05, 3.63) is 53.6 Å². The molecule has 2 aromatic rings. The molecular weight excluding hydrogens is 264 g/mol. The van der Waals surface area contributed by atoms with Crippen molar-refractivity contribution < 1.29 is 4.79 Å². The van der Waals surface area contributed by atoms with Crippen LogP contribution in [0.25, 0.3) is 0 Å². The smallest absolute Gasteiger partial charge is 0.254 e. The molecule has 0 atom stereocenters. The highest BCUT2D eigenvalue weighted by Crippen LogP contribution is 2.29. The van der Waals surface area contributed by atoms with Crippen LogP contribution in [-0.4, -0.2) is 26.4 Å². The lowest BCUT2D eigenvalue weighted by molar-refractivity contribution is 0.0724. The number of hydrogen-bond acceptors (Lipinski definition) is 3. The summed E-state index contributed by atoms with van der Waals surface area (Å²) >= 11 is 0. The fourth-order valence-electron chi connectivity index (χ4n) is 2.40. The predicted molar refractivity (Wildman–Crippen MR) is 80.4 cm³/mol. The Morgan fingerprint density at radius 3 is 2.62 bits per heavy atom. The van der Waals surface area contributed by atoms with E-state index in [0.29, 0.717) is 24.7 Å². The van der Waals surface area contributed by atoms with Gasteiger partial charge >= 0.3 is 0 Å². The molecule has 0 spiro atoms. The van der Waals surface area contributed by atoms with Crippen LogP contribution in [0.1, 0.15) is 34.6 Å². The van der Waals surface area contributed by atoms with Gasteiger partial charge in [-0.05, 0) is 30.5 Å². The standard InChI is InChI=1S/C16H20N4O/c1-19-9-8-18-15(19)11-20(14-6-7-14)16(21)13-4-2-12(10-17)3-5-13/h2-5,8-9,14H,6-7,10-11,17H2,1H3. The molecule has 1 aromatic heterocycles. The Bertz CT molecular complexity index is 628. The third-order valence-electron chi connectivity index (χ3n) is 3.92. The summed E-state index contributed by atoms with van der Waals surface area (Å²) in [7, 11) is 1.95. The number of aryl methyl sites for hydroxylation is 1. The van der Waals surface area contributed by atoms with Gasteiger partial charge in [-0.3, -0.25) is 4.79 Å². The molecule has 5 nitrogen and oxygen atoms in total. The van der Waals surface area contributed by atoms with Crippen LogP contribution in [-0.2, 0) is 20.1 Å². The largest absolute Gasteiger partial charge is 0.337 e. The Morgan fingerprint density at radius 2 is 2.10 bits per heavy atom. The van der Waals surface area contributed by atoms with Gasteiger partial charge < -0.3 is 15.2 Å². The van der Waals surface area contributed by atoms with E-state index in [1.165, 1.54) is 0 Å². The Labute approximate surface area is 124 Å². The lowest BCUT2D eigenvalue weighted by Gasteiger charge is -2.22. The van der Waals surface area contributed by atoms with Crippen molar-refractivity contribution in [2.24, 2.45) is 12.8 Å². The molecule has 1 aromatic carbocycles. The maximum Gasteiger partial charge on any atom is 0.254 e. The first kappa shape index (κ1) is 13.8. The highest BCUT2D eigenvalue weighted by Gasteiger charge is 2.33. The fraction of sp³-hybridized carbons (Fsp3) is 0.375. The third kappa shape index (κ3) is 2.97. The van der Waals surface area contributed by atoms with Crippen molar-refractivity contribution >= 4 is 5.91 Å². The van der Waals surface area contributed by atoms with Gasteiger partial charge in [-0.15, -0.1) is 0 Å². The average molecular weight is 284 g/mol. The van der Waals surface area contributed by atoms with Crippen LogP contribution >= 0.6 is 0 Å². The minimum absolute atomic E-state index is 0.0732. The number of aromatic nitrogens is 2. The molecular formula is C16H20N4O. The molecule has 0 unspecified atom stereocenters. The summed E-state index contributed by atoms with van der Waals surface area (Å²) in [4.78, 5) is 19.0. The van der Waals surface area contributed by atoms with Crippen LogP contribution in [0, 0.1) is 0 Å². The van der Waals surface area contributed by atoms with Crippen LogP contribution in [0.2, 0.25) is 0 Å². The Balaban J connectivity index is 1.79. The number of benzene rings is 1. The lowest BCUT2D eigenvalue weighted by Crippen LogP contribution is -2.33. The van der Waals surface area contributed by atoms with Crippen LogP contribution in [0.5, 0.6) is 0 Å². The van der Waals surface area contributed by atoms with Crippen LogP contribution in [0.4, 0.5) is 0 Å². The highest BCUT2D eigenvalue weighted by atomic mass is 16.2. The maximum absolute atomic E-state index is 12.7. The molecule has 1 fully saturated rings. The minimum Gasteiger partial charge on any atom is -0.337 e. The average Bonchev–Trinajstić information content (AvgIpc) is 3.28. The summed E-state index contributed by atoms with van der Waals surface area (Å²) in [5, 5.41) is 0. The van der Waals surface area contributed by atoms with E-state index in [2.05, 4.69) is 4.98 Å². The van der Waals surface area contributed by atoms with E-state index in [1.807, 2.05) is 47.0 Å². The number of rotatable bonds is 5. The summed E-state index contributed by atoms with van der Waals surface area (Å²) in [5.74, 6) is 0.984. The molecule has 3 rings (SSSR count). The molecule has 0 aliphatic heterocycles. The first-order valence-corrected chi connectivity index (χ1v) is 7.25. The van der Waals surface area contributed by atoms with E-state index in [0.717, 1.165) is 24.2 Å². The van der Waals surface area contributed by atoms with Gasteiger partial charge in [-0.25, -0.2) is 4.98 Å². The number of carbonyl (C=O) groups is 1. The Hall–Kier alpha value is -2.14. The summed E-state index contributed by atoms with van der Waals surface area (Å²) < 4.78 is 1.96. The zero-order valence-electron chi connectivity index (χ0n) is 12.2. The van der Waals surface area contributed by atoms with Crippen LogP contribution in [0.3, 0.4) is 0 Å². The van der Waals surface area contributed by atoms with Gasteiger partial charge in [-0.1, -0.05) is 12.1 Å². The number of carbonyl (C=O) groups excluding carboxylic acids is 1. The van der Waals surface area contributed by atoms with Gasteiger partial charge in [-0.2, -0.15) is 0 Å². The van der Waals surface area contributed by atoms with Gasteiger partial charge in [0.15, 0.2) is 0 Å². The summed E-state index contributed by atoms with van der Waals surface area (Å²) in [6, 6.07) is 7.90. The minimum atomic E-state index is 0.0732. The van der Waals surface area contributed by atoms with Crippen molar-refractivity contribution in [3.63, 3.8) is 0 Å². The third-order valence-corrected chi connectivity index (χ3v) is 3.92. The molecule has 1 heterocycles. The van der Waals surface area contributed by atoms with E-state index in [9.17, 15) is 4.79 Å². The van der Waals surface area contributed by atoms with E-state index >= 15 is 0 Å². The van der Waals surface area contributed by atoms with Crippen molar-refractivity contribution in [1.29, 1.82) is 0 Å². The fourth-order valence-corrected chi connectivity index (χ4v) is 2.40. The van der Waals surface area contributed by atoms with E-state index in [1.54, 1.807) is 6.20 Å². The normalized spacial score (nSPS) is 14.2. The molecule has 5 heteroatoms. The predicted octanol–water partition coefficient (Wildman–Crippen LogP) is 1.68. The number of nitrogens with zero attached hydrogens (tertiary/aromatic N) is 3. The number of hydrogen-bond donors (Lipinski definition) is 1. The summed E-state index contributed by atoms with van der Waals surface area (Å²) in [6.07, 6.45) is 5.83. The number of imidazole rings is 1. The monoisotopic (exact) mass is 284 g/mol. The van der Waals surface area contributed by atoms with E-state index in [4.69, 9.17) is 5.73 Å². The molecule has 1 aliphatic carbocycles. The molecule has 1 saturated carbocycles. The van der Waals surface area contributed by atoms with Gasteiger partial charge in [0.25, 0.3) is 5.91 Å². The van der Waals surface area contributed by atoms with Gasteiger partial charge in [0, 0.05) is 37.6 Å². The zero-order chi connectivity index (χ0) is 14.8. The Morgan fingerprint density at radius 1 is 1.38 bits per heavy atom. The highest BCUT2D eigenvalue weighted by molar-refractivity contribution is 5.94. The first-order valence-electron chi connectivity index (χ1n) is 7.25. The summed E-state index contributed by atoms with van der Waals surface area (Å²) in [6.45, 7) is 1.06. The summed E-state index contributed by atoms with van der Waals surface area (Å²) in [5.41, 5.74) is 7.35. The molecule has 2 N–H and O–H groups in total. The van der Waals surface area contributed by atoms with E-state index in [-0.39, 0.29) is 5.91 Å². The molecule has 1 aliphatic rings. The number of nitrogens with two attached hydrogens (primary N) is 1. The van der Waals surface area contributed by atoms with Crippen molar-refractivity contribution in [2.45, 2.75) is 32.0 Å². The van der Waals surface area contributed by atoms with E-state index < -0.39 is 0 Å².